The molecule has 0 bridgehead atoms. The fourth-order valence-electron chi connectivity index (χ4n) is 5.04. The van der Waals surface area contributed by atoms with Crippen LogP contribution < -0.4 is 15.4 Å². The number of hydrogen-bond donors (Lipinski definition) is 2. The lowest BCUT2D eigenvalue weighted by atomic mass is 9.83. The van der Waals surface area contributed by atoms with Crippen molar-refractivity contribution in [2.45, 2.75) is 63.5 Å². The van der Waals surface area contributed by atoms with E-state index in [0.29, 0.717) is 18.8 Å². The summed E-state index contributed by atoms with van der Waals surface area (Å²) in [6.45, 7) is 2.87. The minimum Gasteiger partial charge on any atom is -0.497 e. The first kappa shape index (κ1) is 25.2. The quantitative estimate of drug-likeness (QED) is 0.508. The van der Waals surface area contributed by atoms with E-state index in [4.69, 9.17) is 4.74 Å². The number of nitrogens with one attached hydrogen (secondary N) is 2. The SMILES string of the molecule is COc1ccc(CC(=O)NC2CCN(CC[C@@H](NC(=O)CC3CCC3)c3ccccc3)CC2)cc1. The highest BCUT2D eigenvalue weighted by atomic mass is 16.5. The van der Waals surface area contributed by atoms with E-state index in [1.807, 2.05) is 42.5 Å². The molecule has 1 heterocycles. The number of methoxy groups -OCH3 is 1. The average molecular weight is 478 g/mol. The van der Waals surface area contributed by atoms with Crippen LogP contribution in [0.1, 0.15) is 62.1 Å². The van der Waals surface area contributed by atoms with Crippen LogP contribution in [-0.4, -0.2) is 49.5 Å². The van der Waals surface area contributed by atoms with Gasteiger partial charge in [0.15, 0.2) is 0 Å². The molecule has 188 valence electrons. The highest BCUT2D eigenvalue weighted by Crippen LogP contribution is 2.29. The second kappa shape index (κ2) is 12.7. The number of carbonyl (C=O) groups is 2. The number of benzene rings is 2. The fourth-order valence-corrected chi connectivity index (χ4v) is 5.04. The third kappa shape index (κ3) is 7.82. The normalized spacial score (nSPS) is 17.9. The van der Waals surface area contributed by atoms with Crippen LogP contribution in [0.25, 0.3) is 0 Å². The van der Waals surface area contributed by atoms with Crippen LogP contribution in [0.15, 0.2) is 54.6 Å². The number of nitrogens with zero attached hydrogens (tertiary/aromatic N) is 1. The maximum Gasteiger partial charge on any atom is 0.224 e. The van der Waals surface area contributed by atoms with Crippen molar-refractivity contribution >= 4 is 11.8 Å². The standard InChI is InChI=1S/C29H39N3O3/c1-35-26-12-10-23(11-13-26)21-28(33)30-25-14-17-32(18-15-25)19-16-27(24-8-3-2-4-9-24)31-29(34)20-22-6-5-7-22/h2-4,8-13,22,25,27H,5-7,14-21H2,1H3,(H,30,33)(H,31,34)/t27-/m1/s1. The van der Waals surface area contributed by atoms with Gasteiger partial charge < -0.3 is 20.3 Å². The largest absolute Gasteiger partial charge is 0.497 e. The lowest BCUT2D eigenvalue weighted by Crippen LogP contribution is -2.45. The molecule has 1 saturated carbocycles. The van der Waals surface area contributed by atoms with E-state index in [2.05, 4.69) is 27.7 Å². The van der Waals surface area contributed by atoms with E-state index < -0.39 is 0 Å². The number of likely N-dealkylation sites (tertiary alicyclic amines) is 1. The number of ether oxygens (including phenoxy) is 1. The predicted octanol–water partition coefficient (Wildman–Crippen LogP) is 4.26. The van der Waals surface area contributed by atoms with Crippen LogP contribution in [0.4, 0.5) is 0 Å². The smallest absolute Gasteiger partial charge is 0.224 e. The molecule has 2 N–H and O–H groups in total. The van der Waals surface area contributed by atoms with Crippen molar-refractivity contribution in [3.8, 4) is 5.75 Å². The van der Waals surface area contributed by atoms with Crippen molar-refractivity contribution in [3.05, 3.63) is 65.7 Å². The maximum atomic E-state index is 12.6. The zero-order valence-electron chi connectivity index (χ0n) is 20.9. The zero-order valence-corrected chi connectivity index (χ0v) is 20.9. The van der Waals surface area contributed by atoms with Crippen LogP contribution in [0, 0.1) is 5.92 Å². The van der Waals surface area contributed by atoms with Gasteiger partial charge in [-0.25, -0.2) is 0 Å². The van der Waals surface area contributed by atoms with Gasteiger partial charge in [-0.05, 0) is 61.3 Å². The van der Waals surface area contributed by atoms with Crippen LogP contribution in [-0.2, 0) is 16.0 Å². The highest BCUT2D eigenvalue weighted by molar-refractivity contribution is 5.79. The highest BCUT2D eigenvalue weighted by Gasteiger charge is 2.24. The molecule has 1 atom stereocenters. The van der Waals surface area contributed by atoms with Crippen molar-refractivity contribution < 1.29 is 14.3 Å². The van der Waals surface area contributed by atoms with Gasteiger partial charge >= 0.3 is 0 Å². The second-order valence-corrected chi connectivity index (χ2v) is 10.0. The van der Waals surface area contributed by atoms with Crippen molar-refractivity contribution in [1.82, 2.24) is 15.5 Å². The summed E-state index contributed by atoms with van der Waals surface area (Å²) in [5.41, 5.74) is 2.17. The van der Waals surface area contributed by atoms with Gasteiger partial charge in [0.2, 0.25) is 11.8 Å². The summed E-state index contributed by atoms with van der Waals surface area (Å²) >= 11 is 0. The summed E-state index contributed by atoms with van der Waals surface area (Å²) in [5.74, 6) is 1.63. The van der Waals surface area contributed by atoms with Crippen molar-refractivity contribution in [3.63, 3.8) is 0 Å². The summed E-state index contributed by atoms with van der Waals surface area (Å²) in [5, 5.41) is 6.52. The van der Waals surface area contributed by atoms with Gasteiger partial charge in [0.25, 0.3) is 0 Å². The Hall–Kier alpha value is -2.86. The van der Waals surface area contributed by atoms with E-state index in [1.54, 1.807) is 7.11 Å². The molecule has 6 heteroatoms. The molecular weight excluding hydrogens is 438 g/mol. The Morgan fingerprint density at radius 3 is 2.31 bits per heavy atom. The van der Waals surface area contributed by atoms with Gasteiger partial charge in [-0.1, -0.05) is 48.9 Å². The number of amides is 2. The molecule has 0 spiro atoms. The third-order valence-electron chi connectivity index (χ3n) is 7.45. The summed E-state index contributed by atoms with van der Waals surface area (Å²) in [7, 11) is 1.64. The molecule has 1 aliphatic heterocycles. The third-order valence-corrected chi connectivity index (χ3v) is 7.45. The van der Waals surface area contributed by atoms with E-state index in [1.165, 1.54) is 24.8 Å². The Labute approximate surface area is 209 Å². The van der Waals surface area contributed by atoms with Crippen LogP contribution in [0.5, 0.6) is 5.75 Å². The zero-order chi connectivity index (χ0) is 24.5. The number of piperidine rings is 1. The first-order chi connectivity index (χ1) is 17.1. The van der Waals surface area contributed by atoms with Gasteiger partial charge in [0.05, 0.1) is 19.6 Å². The topological polar surface area (TPSA) is 70.7 Å². The number of carbonyl (C=O) groups excluding carboxylic acids is 2. The monoisotopic (exact) mass is 477 g/mol. The maximum absolute atomic E-state index is 12.6. The molecule has 4 rings (SSSR count). The summed E-state index contributed by atoms with van der Waals surface area (Å²) < 4.78 is 5.18. The minimum absolute atomic E-state index is 0.0469. The van der Waals surface area contributed by atoms with Gasteiger partial charge in [0.1, 0.15) is 5.75 Å². The van der Waals surface area contributed by atoms with Crippen LogP contribution >= 0.6 is 0 Å². The molecule has 6 nitrogen and oxygen atoms in total. The molecule has 35 heavy (non-hydrogen) atoms. The summed E-state index contributed by atoms with van der Waals surface area (Å²) in [6.07, 6.45) is 7.50. The Balaban J connectivity index is 1.20. The van der Waals surface area contributed by atoms with Crippen LogP contribution in [0.2, 0.25) is 0 Å². The Bertz CT molecular complexity index is 935. The van der Waals surface area contributed by atoms with E-state index in [-0.39, 0.29) is 23.9 Å². The molecule has 2 fully saturated rings. The summed E-state index contributed by atoms with van der Waals surface area (Å²) in [6, 6.07) is 18.3. The molecule has 2 aromatic rings. The Morgan fingerprint density at radius 1 is 0.971 bits per heavy atom. The Kier molecular flexibility index (Phi) is 9.18. The van der Waals surface area contributed by atoms with Gasteiger partial charge in [-0.2, -0.15) is 0 Å². The molecular formula is C29H39N3O3. The molecule has 1 saturated heterocycles. The predicted molar refractivity (Wildman–Crippen MR) is 138 cm³/mol. The van der Waals surface area contributed by atoms with E-state index in [9.17, 15) is 9.59 Å². The molecule has 0 unspecified atom stereocenters. The lowest BCUT2D eigenvalue weighted by Gasteiger charge is -2.33. The van der Waals surface area contributed by atoms with Crippen molar-refractivity contribution in [2.24, 2.45) is 5.92 Å². The number of rotatable bonds is 11. The molecule has 2 aliphatic rings. The summed E-state index contributed by atoms with van der Waals surface area (Å²) in [4.78, 5) is 27.6. The second-order valence-electron chi connectivity index (χ2n) is 10.0. The lowest BCUT2D eigenvalue weighted by molar-refractivity contribution is -0.123. The molecule has 2 amide bonds. The van der Waals surface area contributed by atoms with Crippen LogP contribution in [0.3, 0.4) is 0 Å². The van der Waals surface area contributed by atoms with Gasteiger partial charge in [0, 0.05) is 32.1 Å². The van der Waals surface area contributed by atoms with Gasteiger partial charge in [-0.3, -0.25) is 9.59 Å². The van der Waals surface area contributed by atoms with E-state index >= 15 is 0 Å². The molecule has 0 aromatic heterocycles. The molecule has 1 aliphatic carbocycles. The minimum atomic E-state index is 0.0469. The first-order valence-electron chi connectivity index (χ1n) is 13.1. The van der Waals surface area contributed by atoms with Crippen molar-refractivity contribution in [2.75, 3.05) is 26.7 Å². The Morgan fingerprint density at radius 2 is 1.69 bits per heavy atom. The molecule has 0 radical (unpaired) electrons. The number of hydrogen-bond acceptors (Lipinski definition) is 4. The van der Waals surface area contributed by atoms with E-state index in [0.717, 1.165) is 50.2 Å². The average Bonchev–Trinajstić information content (AvgIpc) is 2.86. The first-order valence-corrected chi connectivity index (χ1v) is 13.1. The van der Waals surface area contributed by atoms with Gasteiger partial charge in [-0.15, -0.1) is 0 Å². The molecule has 2 aromatic carbocycles. The van der Waals surface area contributed by atoms with Crippen molar-refractivity contribution in [1.29, 1.82) is 0 Å². The fraction of sp³-hybridized carbons (Fsp3) is 0.517.